The lowest BCUT2D eigenvalue weighted by atomic mass is 9.96. The Balaban J connectivity index is 1.49. The third kappa shape index (κ3) is 2.10. The molecule has 2 aromatic carbocycles. The van der Waals surface area contributed by atoms with Gasteiger partial charge in [0.1, 0.15) is 0 Å². The van der Waals surface area contributed by atoms with Crippen LogP contribution in [0, 0.1) is 0 Å². The molecule has 2 heteroatoms. The molecule has 1 atom stereocenters. The van der Waals surface area contributed by atoms with Crippen molar-refractivity contribution in [2.24, 2.45) is 0 Å². The van der Waals surface area contributed by atoms with Crippen LogP contribution in [-0.2, 0) is 13.0 Å². The number of hydrogen-bond donors (Lipinski definition) is 1. The van der Waals surface area contributed by atoms with Gasteiger partial charge in [-0.05, 0) is 29.2 Å². The lowest BCUT2D eigenvalue weighted by Gasteiger charge is -2.30. The highest BCUT2D eigenvalue weighted by atomic mass is 15.1. The number of nitrogens with zero attached hydrogens (tertiary/aromatic N) is 1. The van der Waals surface area contributed by atoms with Crippen LogP contribution in [-0.4, -0.2) is 24.5 Å². The van der Waals surface area contributed by atoms with E-state index in [2.05, 4.69) is 58.7 Å². The average molecular weight is 264 g/mol. The summed E-state index contributed by atoms with van der Waals surface area (Å²) in [5.74, 6) is 0.636. The van der Waals surface area contributed by atoms with Crippen LogP contribution in [0.4, 0.5) is 5.69 Å². The minimum Gasteiger partial charge on any atom is -0.384 e. The Kier molecular flexibility index (Phi) is 2.96. The summed E-state index contributed by atoms with van der Waals surface area (Å²) < 4.78 is 0. The van der Waals surface area contributed by atoms with Crippen LogP contribution in [0.1, 0.15) is 22.6 Å². The Morgan fingerprint density at radius 3 is 2.75 bits per heavy atom. The second kappa shape index (κ2) is 4.95. The number of benzene rings is 2. The van der Waals surface area contributed by atoms with Gasteiger partial charge in [-0.3, -0.25) is 4.90 Å². The van der Waals surface area contributed by atoms with E-state index in [0.717, 1.165) is 13.1 Å². The summed E-state index contributed by atoms with van der Waals surface area (Å²) in [6.07, 6.45) is 1.19. The van der Waals surface area contributed by atoms with E-state index < -0.39 is 0 Å². The molecule has 2 aliphatic rings. The first-order chi connectivity index (χ1) is 9.90. The fourth-order valence-corrected chi connectivity index (χ4v) is 3.54. The molecule has 0 saturated heterocycles. The minimum atomic E-state index is 0.636. The monoisotopic (exact) mass is 264 g/mol. The average Bonchev–Trinajstić information content (AvgIpc) is 2.91. The standard InChI is InChI=1S/C18H20N2/c1-2-6-15-12-20(10-9-14(15)5-1)13-16-11-19-18-8-4-3-7-17(16)18/h1-8,16,19H,9-13H2. The van der Waals surface area contributed by atoms with Gasteiger partial charge < -0.3 is 5.32 Å². The van der Waals surface area contributed by atoms with Crippen LogP contribution >= 0.6 is 0 Å². The number of rotatable bonds is 2. The van der Waals surface area contributed by atoms with Gasteiger partial charge >= 0.3 is 0 Å². The van der Waals surface area contributed by atoms with Gasteiger partial charge in [-0.1, -0.05) is 42.5 Å². The SMILES string of the molecule is c1ccc2c(c1)CCN(CC1CNc3ccccc31)C2. The highest BCUT2D eigenvalue weighted by Crippen LogP contribution is 2.32. The molecule has 0 bridgehead atoms. The fraction of sp³-hybridized carbons (Fsp3) is 0.333. The van der Waals surface area contributed by atoms with Gasteiger partial charge in [-0.25, -0.2) is 0 Å². The number of fused-ring (bicyclic) bond motifs is 2. The molecule has 0 spiro atoms. The van der Waals surface area contributed by atoms with E-state index in [1.54, 1.807) is 0 Å². The predicted molar refractivity (Wildman–Crippen MR) is 83.1 cm³/mol. The first-order valence-electron chi connectivity index (χ1n) is 7.52. The maximum atomic E-state index is 3.53. The van der Waals surface area contributed by atoms with Crippen molar-refractivity contribution in [3.05, 3.63) is 65.2 Å². The summed E-state index contributed by atoms with van der Waals surface area (Å²) in [6, 6.07) is 17.6. The van der Waals surface area contributed by atoms with Crippen molar-refractivity contribution in [3.63, 3.8) is 0 Å². The summed E-state index contributed by atoms with van der Waals surface area (Å²) in [5, 5.41) is 3.53. The molecule has 1 N–H and O–H groups in total. The Bertz CT molecular complexity index is 620. The summed E-state index contributed by atoms with van der Waals surface area (Å²) in [7, 11) is 0. The predicted octanol–water partition coefficient (Wildman–Crippen LogP) is 3.25. The molecule has 0 amide bonds. The maximum absolute atomic E-state index is 3.53. The largest absolute Gasteiger partial charge is 0.384 e. The second-order valence-corrected chi connectivity index (χ2v) is 5.92. The smallest absolute Gasteiger partial charge is 0.0376 e. The van der Waals surface area contributed by atoms with Crippen LogP contribution < -0.4 is 5.32 Å². The number of hydrogen-bond acceptors (Lipinski definition) is 2. The van der Waals surface area contributed by atoms with Crippen LogP contribution in [0.3, 0.4) is 0 Å². The van der Waals surface area contributed by atoms with E-state index in [0.29, 0.717) is 5.92 Å². The fourth-order valence-electron chi connectivity index (χ4n) is 3.54. The zero-order valence-electron chi connectivity index (χ0n) is 11.7. The number of nitrogens with one attached hydrogen (secondary N) is 1. The Morgan fingerprint density at radius 1 is 1.00 bits per heavy atom. The van der Waals surface area contributed by atoms with Gasteiger partial charge in [0, 0.05) is 37.8 Å². The van der Waals surface area contributed by atoms with Gasteiger partial charge in [0.2, 0.25) is 0 Å². The molecular formula is C18H20N2. The molecule has 4 rings (SSSR count). The topological polar surface area (TPSA) is 15.3 Å². The van der Waals surface area contributed by atoms with Crippen molar-refractivity contribution >= 4 is 5.69 Å². The highest BCUT2D eigenvalue weighted by molar-refractivity contribution is 5.57. The third-order valence-electron chi connectivity index (χ3n) is 4.63. The third-order valence-corrected chi connectivity index (χ3v) is 4.63. The van der Waals surface area contributed by atoms with E-state index in [1.807, 2.05) is 0 Å². The van der Waals surface area contributed by atoms with E-state index in [9.17, 15) is 0 Å². The molecule has 2 aromatic rings. The van der Waals surface area contributed by atoms with Crippen LogP contribution in [0.2, 0.25) is 0 Å². The molecule has 102 valence electrons. The van der Waals surface area contributed by atoms with Crippen molar-refractivity contribution in [3.8, 4) is 0 Å². The first kappa shape index (κ1) is 12.0. The molecule has 20 heavy (non-hydrogen) atoms. The Labute approximate surface area is 120 Å². The Hall–Kier alpha value is -1.80. The normalized spacial score (nSPS) is 21.1. The minimum absolute atomic E-state index is 0.636. The molecule has 2 nitrogen and oxygen atoms in total. The maximum Gasteiger partial charge on any atom is 0.0376 e. The van der Waals surface area contributed by atoms with Crippen molar-refractivity contribution in [2.75, 3.05) is 25.0 Å². The molecule has 0 fully saturated rings. The summed E-state index contributed by atoms with van der Waals surface area (Å²) in [4.78, 5) is 2.61. The van der Waals surface area contributed by atoms with Crippen molar-refractivity contribution in [1.82, 2.24) is 4.90 Å². The molecule has 0 aliphatic carbocycles. The van der Waals surface area contributed by atoms with Crippen molar-refractivity contribution < 1.29 is 0 Å². The molecule has 2 heterocycles. The van der Waals surface area contributed by atoms with Crippen LogP contribution in [0.15, 0.2) is 48.5 Å². The summed E-state index contributed by atoms with van der Waals surface area (Å²) >= 11 is 0. The van der Waals surface area contributed by atoms with E-state index in [1.165, 1.54) is 41.9 Å². The molecule has 0 radical (unpaired) electrons. The van der Waals surface area contributed by atoms with Crippen LogP contribution in [0.5, 0.6) is 0 Å². The highest BCUT2D eigenvalue weighted by Gasteiger charge is 2.25. The molecule has 2 aliphatic heterocycles. The lowest BCUT2D eigenvalue weighted by Crippen LogP contribution is -2.34. The van der Waals surface area contributed by atoms with Gasteiger partial charge in [-0.2, -0.15) is 0 Å². The zero-order valence-corrected chi connectivity index (χ0v) is 11.7. The lowest BCUT2D eigenvalue weighted by molar-refractivity contribution is 0.242. The molecule has 0 aromatic heterocycles. The molecule has 1 unspecified atom stereocenters. The second-order valence-electron chi connectivity index (χ2n) is 5.92. The van der Waals surface area contributed by atoms with Crippen LogP contribution in [0.25, 0.3) is 0 Å². The quantitative estimate of drug-likeness (QED) is 0.895. The number of anilines is 1. The van der Waals surface area contributed by atoms with Crippen molar-refractivity contribution in [1.29, 1.82) is 0 Å². The first-order valence-corrected chi connectivity index (χ1v) is 7.52. The van der Waals surface area contributed by atoms with E-state index >= 15 is 0 Å². The van der Waals surface area contributed by atoms with Gasteiger partial charge in [0.25, 0.3) is 0 Å². The number of para-hydroxylation sites is 1. The van der Waals surface area contributed by atoms with Gasteiger partial charge in [0.15, 0.2) is 0 Å². The van der Waals surface area contributed by atoms with Gasteiger partial charge in [0.05, 0.1) is 0 Å². The molecular weight excluding hydrogens is 244 g/mol. The Morgan fingerprint density at radius 2 is 1.80 bits per heavy atom. The van der Waals surface area contributed by atoms with E-state index in [4.69, 9.17) is 0 Å². The molecule has 0 saturated carbocycles. The zero-order chi connectivity index (χ0) is 13.4. The van der Waals surface area contributed by atoms with Crippen molar-refractivity contribution in [2.45, 2.75) is 18.9 Å². The van der Waals surface area contributed by atoms with E-state index in [-0.39, 0.29) is 0 Å². The van der Waals surface area contributed by atoms with Gasteiger partial charge in [-0.15, -0.1) is 0 Å². The summed E-state index contributed by atoms with van der Waals surface area (Å²) in [5.41, 5.74) is 5.87. The summed E-state index contributed by atoms with van der Waals surface area (Å²) in [6.45, 7) is 4.54.